The number of amides is 1. The molecule has 2 aromatic carbocycles. The first kappa shape index (κ1) is 14.6. The van der Waals surface area contributed by atoms with Gasteiger partial charge in [-0.15, -0.1) is 5.10 Å². The Morgan fingerprint density at radius 2 is 2.20 bits per heavy atom. The van der Waals surface area contributed by atoms with E-state index in [4.69, 9.17) is 0 Å². The molecule has 1 amide bonds. The van der Waals surface area contributed by atoms with Crippen molar-refractivity contribution in [3.63, 3.8) is 0 Å². The maximum Gasteiger partial charge on any atom is 0.251 e. The lowest BCUT2D eigenvalue weighted by Gasteiger charge is -2.12. The van der Waals surface area contributed by atoms with Crippen molar-refractivity contribution in [3.8, 4) is 0 Å². The summed E-state index contributed by atoms with van der Waals surface area (Å²) in [6.07, 6.45) is 3.58. The maximum absolute atomic E-state index is 12.5. The van der Waals surface area contributed by atoms with Gasteiger partial charge in [-0.3, -0.25) is 4.79 Å². The highest BCUT2D eigenvalue weighted by atomic mass is 16.1. The summed E-state index contributed by atoms with van der Waals surface area (Å²) in [7, 11) is 1.85. The van der Waals surface area contributed by atoms with Gasteiger partial charge >= 0.3 is 0 Å². The van der Waals surface area contributed by atoms with Crippen LogP contribution in [0.15, 0.2) is 42.5 Å². The number of fused-ring (bicyclic) bond motifs is 3. The maximum atomic E-state index is 12.5. The smallest absolute Gasteiger partial charge is 0.251 e. The molecule has 2 aliphatic rings. The molecule has 1 fully saturated rings. The number of carbonyl (C=O) groups is 1. The van der Waals surface area contributed by atoms with E-state index in [2.05, 4.69) is 39.9 Å². The van der Waals surface area contributed by atoms with E-state index >= 15 is 0 Å². The fourth-order valence-corrected chi connectivity index (χ4v) is 4.50. The van der Waals surface area contributed by atoms with Crippen molar-refractivity contribution >= 4 is 16.9 Å². The van der Waals surface area contributed by atoms with Gasteiger partial charge in [0.25, 0.3) is 5.91 Å². The van der Waals surface area contributed by atoms with Gasteiger partial charge in [0.15, 0.2) is 0 Å². The first-order chi connectivity index (χ1) is 12.2. The van der Waals surface area contributed by atoms with Crippen LogP contribution < -0.4 is 5.32 Å². The van der Waals surface area contributed by atoms with Gasteiger partial charge in [0.05, 0.1) is 5.52 Å². The molecule has 0 aliphatic heterocycles. The van der Waals surface area contributed by atoms with Crippen LogP contribution in [0.25, 0.3) is 11.0 Å². The summed E-state index contributed by atoms with van der Waals surface area (Å²) in [5.41, 5.74) is 5.65. The second-order valence-electron chi connectivity index (χ2n) is 7.34. The fourth-order valence-electron chi connectivity index (χ4n) is 4.50. The molecule has 0 unspecified atom stereocenters. The Balaban J connectivity index is 1.28. The van der Waals surface area contributed by atoms with Gasteiger partial charge in [-0.1, -0.05) is 29.5 Å². The summed E-state index contributed by atoms with van der Waals surface area (Å²) in [5, 5.41) is 11.2. The van der Waals surface area contributed by atoms with E-state index in [9.17, 15) is 4.79 Å². The molecule has 3 aromatic rings. The predicted octanol–water partition coefficient (Wildman–Crippen LogP) is 2.60. The molecule has 1 N–H and O–H groups in total. The van der Waals surface area contributed by atoms with Gasteiger partial charge in [0, 0.05) is 24.6 Å². The summed E-state index contributed by atoms with van der Waals surface area (Å²) in [6.45, 7) is 0.742. The molecule has 0 radical (unpaired) electrons. The van der Waals surface area contributed by atoms with Gasteiger partial charge in [-0.2, -0.15) is 0 Å². The van der Waals surface area contributed by atoms with Crippen LogP contribution in [0.3, 0.4) is 0 Å². The SMILES string of the molecule is Cn1nnc2cc(C(=O)NC[C@@H]3C[C@]34CCc3ccccc34)ccc21. The molecule has 2 atom stereocenters. The Morgan fingerprint density at radius 1 is 1.32 bits per heavy atom. The standard InChI is InChI=1S/C20H20N4O/c1-24-18-7-6-14(10-17(18)22-23-24)19(25)21-12-15-11-20(15)9-8-13-4-2-3-5-16(13)20/h2-7,10,15H,8-9,11-12H2,1H3,(H,21,25)/t15-,20+/m0/s1. The average molecular weight is 332 g/mol. The first-order valence-corrected chi connectivity index (χ1v) is 8.83. The Morgan fingerprint density at radius 3 is 3.12 bits per heavy atom. The molecule has 1 spiro atoms. The highest BCUT2D eigenvalue weighted by Gasteiger charge is 2.57. The molecule has 1 heterocycles. The number of benzene rings is 2. The molecular formula is C20H20N4O. The van der Waals surface area contributed by atoms with E-state index in [1.54, 1.807) is 4.68 Å². The zero-order valence-corrected chi connectivity index (χ0v) is 14.2. The van der Waals surface area contributed by atoms with Gasteiger partial charge in [0.2, 0.25) is 0 Å². The van der Waals surface area contributed by atoms with Crippen molar-refractivity contribution < 1.29 is 4.79 Å². The molecule has 1 saturated carbocycles. The third-order valence-corrected chi connectivity index (χ3v) is 6.01. The lowest BCUT2D eigenvalue weighted by atomic mass is 9.95. The summed E-state index contributed by atoms with van der Waals surface area (Å²) in [4.78, 5) is 12.5. The van der Waals surface area contributed by atoms with Crippen molar-refractivity contribution in [2.45, 2.75) is 24.7 Å². The number of carbonyl (C=O) groups excluding carboxylic acids is 1. The van der Waals surface area contributed by atoms with Crippen molar-refractivity contribution in [3.05, 3.63) is 59.2 Å². The number of rotatable bonds is 3. The van der Waals surface area contributed by atoms with Gasteiger partial charge in [-0.05, 0) is 54.5 Å². The van der Waals surface area contributed by atoms with E-state index in [0.717, 1.165) is 17.6 Å². The van der Waals surface area contributed by atoms with Gasteiger partial charge < -0.3 is 5.32 Å². The minimum Gasteiger partial charge on any atom is -0.352 e. The average Bonchev–Trinajstić information content (AvgIpc) is 3.04. The molecule has 0 saturated heterocycles. The minimum absolute atomic E-state index is 0.0270. The normalized spacial score (nSPS) is 23.8. The number of hydrogen-bond donors (Lipinski definition) is 1. The summed E-state index contributed by atoms with van der Waals surface area (Å²) >= 11 is 0. The number of aryl methyl sites for hydroxylation is 2. The van der Waals surface area contributed by atoms with Gasteiger partial charge in [-0.25, -0.2) is 4.68 Å². The lowest BCUT2D eigenvalue weighted by Crippen LogP contribution is -2.27. The second kappa shape index (κ2) is 5.15. The van der Waals surface area contributed by atoms with E-state index in [-0.39, 0.29) is 5.91 Å². The zero-order chi connectivity index (χ0) is 17.0. The molecule has 2 aliphatic carbocycles. The molecule has 25 heavy (non-hydrogen) atoms. The van der Waals surface area contributed by atoms with Crippen LogP contribution in [0.2, 0.25) is 0 Å². The predicted molar refractivity (Wildman–Crippen MR) is 95.4 cm³/mol. The highest BCUT2D eigenvalue weighted by molar-refractivity contribution is 5.97. The van der Waals surface area contributed by atoms with Crippen LogP contribution in [-0.2, 0) is 18.9 Å². The van der Waals surface area contributed by atoms with Crippen LogP contribution in [0, 0.1) is 5.92 Å². The molecule has 0 bridgehead atoms. The fraction of sp³-hybridized carbons (Fsp3) is 0.350. The molecule has 126 valence electrons. The zero-order valence-electron chi connectivity index (χ0n) is 14.2. The highest BCUT2D eigenvalue weighted by Crippen LogP contribution is 2.61. The monoisotopic (exact) mass is 332 g/mol. The van der Waals surface area contributed by atoms with Crippen molar-refractivity contribution in [1.29, 1.82) is 0 Å². The third-order valence-electron chi connectivity index (χ3n) is 6.01. The summed E-state index contributed by atoms with van der Waals surface area (Å²) in [6, 6.07) is 14.3. The van der Waals surface area contributed by atoms with Crippen LogP contribution in [-0.4, -0.2) is 27.4 Å². The Bertz CT molecular complexity index is 992. The van der Waals surface area contributed by atoms with Crippen molar-refractivity contribution in [2.75, 3.05) is 6.54 Å². The quantitative estimate of drug-likeness (QED) is 0.802. The van der Waals surface area contributed by atoms with E-state index < -0.39 is 0 Å². The van der Waals surface area contributed by atoms with Gasteiger partial charge in [0.1, 0.15) is 5.52 Å². The molecule has 5 heteroatoms. The lowest BCUT2D eigenvalue weighted by molar-refractivity contribution is 0.0951. The number of hydrogen-bond acceptors (Lipinski definition) is 3. The van der Waals surface area contributed by atoms with E-state index in [0.29, 0.717) is 16.9 Å². The topological polar surface area (TPSA) is 59.8 Å². The molecule has 5 nitrogen and oxygen atoms in total. The Labute approximate surface area is 146 Å². The van der Waals surface area contributed by atoms with E-state index in [1.807, 2.05) is 25.2 Å². The van der Waals surface area contributed by atoms with Crippen molar-refractivity contribution in [2.24, 2.45) is 13.0 Å². The number of nitrogens with one attached hydrogen (secondary N) is 1. The minimum atomic E-state index is -0.0270. The molecule has 1 aromatic heterocycles. The van der Waals surface area contributed by atoms with Crippen LogP contribution in [0.5, 0.6) is 0 Å². The third kappa shape index (κ3) is 2.18. The Hall–Kier alpha value is -2.69. The number of nitrogens with zero attached hydrogens (tertiary/aromatic N) is 3. The second-order valence-corrected chi connectivity index (χ2v) is 7.34. The first-order valence-electron chi connectivity index (χ1n) is 8.83. The van der Waals surface area contributed by atoms with Crippen LogP contribution in [0.4, 0.5) is 0 Å². The van der Waals surface area contributed by atoms with Crippen LogP contribution >= 0.6 is 0 Å². The molecular weight excluding hydrogens is 312 g/mol. The number of aromatic nitrogens is 3. The van der Waals surface area contributed by atoms with Crippen molar-refractivity contribution in [1.82, 2.24) is 20.3 Å². The van der Waals surface area contributed by atoms with Crippen LogP contribution in [0.1, 0.15) is 34.3 Å². The Kier molecular flexibility index (Phi) is 3.02. The molecule has 5 rings (SSSR count). The van der Waals surface area contributed by atoms with E-state index in [1.165, 1.54) is 30.4 Å². The largest absolute Gasteiger partial charge is 0.352 e. The summed E-state index contributed by atoms with van der Waals surface area (Å²) < 4.78 is 1.71. The summed E-state index contributed by atoms with van der Waals surface area (Å²) in [5.74, 6) is 0.529.